The maximum absolute atomic E-state index is 12.8. The lowest BCUT2D eigenvalue weighted by atomic mass is 10.0. The minimum atomic E-state index is -0.262. The topological polar surface area (TPSA) is 47.6 Å². The van der Waals surface area contributed by atoms with Crippen LogP contribution >= 0.6 is 0 Å². The van der Waals surface area contributed by atoms with Gasteiger partial charge >= 0.3 is 0 Å². The Morgan fingerprint density at radius 2 is 2.00 bits per heavy atom. The van der Waals surface area contributed by atoms with E-state index in [1.165, 1.54) is 12.1 Å². The fourth-order valence-corrected chi connectivity index (χ4v) is 2.89. The van der Waals surface area contributed by atoms with Crippen molar-refractivity contribution in [2.75, 3.05) is 13.2 Å². The number of hydrogen-bond donors (Lipinski definition) is 1. The van der Waals surface area contributed by atoms with Crippen molar-refractivity contribution in [2.45, 2.75) is 32.3 Å². The zero-order valence-electron chi connectivity index (χ0n) is 14.5. The van der Waals surface area contributed by atoms with E-state index in [1.807, 2.05) is 32.0 Å². The summed E-state index contributed by atoms with van der Waals surface area (Å²) in [7, 11) is 0. The molecule has 5 heteroatoms. The van der Waals surface area contributed by atoms with Gasteiger partial charge in [0.15, 0.2) is 18.1 Å². The van der Waals surface area contributed by atoms with E-state index in [0.29, 0.717) is 18.7 Å². The first-order chi connectivity index (χ1) is 11.9. The van der Waals surface area contributed by atoms with E-state index in [4.69, 9.17) is 9.47 Å². The van der Waals surface area contributed by atoms with Gasteiger partial charge in [-0.15, -0.1) is 0 Å². The molecule has 1 heterocycles. The maximum Gasteiger partial charge on any atom is 0.257 e. The van der Waals surface area contributed by atoms with E-state index in [0.717, 1.165) is 23.3 Å². The molecule has 1 aliphatic rings. The number of nitrogens with one attached hydrogen (secondary N) is 1. The average molecular weight is 343 g/mol. The number of hydrogen-bond acceptors (Lipinski definition) is 3. The highest BCUT2D eigenvalue weighted by atomic mass is 19.1. The molecule has 0 bridgehead atoms. The lowest BCUT2D eigenvalue weighted by Crippen LogP contribution is -2.30. The van der Waals surface area contributed by atoms with E-state index < -0.39 is 0 Å². The molecule has 25 heavy (non-hydrogen) atoms. The van der Waals surface area contributed by atoms with Crippen LogP contribution in [0.5, 0.6) is 11.5 Å². The van der Waals surface area contributed by atoms with E-state index >= 15 is 0 Å². The standard InChI is InChI=1S/C20H22FNO3/c1-20(2)12-15-4-3-5-17(19(15)25-20)24-13-18(23)22-11-10-14-6-8-16(21)9-7-14/h3-9H,10-13H2,1-2H3,(H,22,23). The van der Waals surface area contributed by atoms with Crippen LogP contribution in [0.3, 0.4) is 0 Å². The summed E-state index contributed by atoms with van der Waals surface area (Å²) in [6.45, 7) is 4.46. The first-order valence-electron chi connectivity index (χ1n) is 8.38. The van der Waals surface area contributed by atoms with Gasteiger partial charge in [0, 0.05) is 18.5 Å². The molecule has 1 N–H and O–H groups in total. The number of carbonyl (C=O) groups excluding carboxylic acids is 1. The van der Waals surface area contributed by atoms with Gasteiger partial charge in [-0.2, -0.15) is 0 Å². The van der Waals surface area contributed by atoms with Crippen LogP contribution in [-0.4, -0.2) is 24.7 Å². The fraction of sp³-hybridized carbons (Fsp3) is 0.350. The van der Waals surface area contributed by atoms with Crippen molar-refractivity contribution >= 4 is 5.91 Å². The predicted molar refractivity (Wildman–Crippen MR) is 93.5 cm³/mol. The van der Waals surface area contributed by atoms with Gasteiger partial charge < -0.3 is 14.8 Å². The van der Waals surface area contributed by atoms with Crippen molar-refractivity contribution in [3.05, 3.63) is 59.4 Å². The highest BCUT2D eigenvalue weighted by molar-refractivity contribution is 5.77. The molecular weight excluding hydrogens is 321 g/mol. The third-order valence-corrected chi connectivity index (χ3v) is 4.06. The molecule has 0 atom stereocenters. The summed E-state index contributed by atoms with van der Waals surface area (Å²) >= 11 is 0. The molecule has 0 spiro atoms. The maximum atomic E-state index is 12.8. The molecule has 2 aromatic rings. The van der Waals surface area contributed by atoms with E-state index in [-0.39, 0.29) is 23.9 Å². The minimum absolute atomic E-state index is 0.0658. The summed E-state index contributed by atoms with van der Waals surface area (Å²) in [5.41, 5.74) is 1.82. The number of fused-ring (bicyclic) bond motifs is 1. The fourth-order valence-electron chi connectivity index (χ4n) is 2.89. The number of amides is 1. The van der Waals surface area contributed by atoms with Crippen LogP contribution < -0.4 is 14.8 Å². The van der Waals surface area contributed by atoms with Crippen LogP contribution in [0.2, 0.25) is 0 Å². The van der Waals surface area contributed by atoms with Crippen LogP contribution in [0.4, 0.5) is 4.39 Å². The van der Waals surface area contributed by atoms with Gasteiger partial charge in [0.25, 0.3) is 5.91 Å². The van der Waals surface area contributed by atoms with Gasteiger partial charge in [0.1, 0.15) is 11.4 Å². The smallest absolute Gasteiger partial charge is 0.257 e. The van der Waals surface area contributed by atoms with Crippen molar-refractivity contribution in [1.82, 2.24) is 5.32 Å². The number of ether oxygens (including phenoxy) is 2. The monoisotopic (exact) mass is 343 g/mol. The van der Waals surface area contributed by atoms with Crippen LogP contribution in [0, 0.1) is 5.82 Å². The van der Waals surface area contributed by atoms with Crippen molar-refractivity contribution in [1.29, 1.82) is 0 Å². The lowest BCUT2D eigenvalue weighted by molar-refractivity contribution is -0.123. The molecule has 2 aromatic carbocycles. The molecule has 0 aliphatic carbocycles. The van der Waals surface area contributed by atoms with Gasteiger partial charge in [-0.05, 0) is 44.0 Å². The second-order valence-corrected chi connectivity index (χ2v) is 6.80. The summed E-state index contributed by atoms with van der Waals surface area (Å²) in [5, 5.41) is 2.80. The first kappa shape index (κ1) is 17.3. The van der Waals surface area contributed by atoms with Gasteiger partial charge in [-0.3, -0.25) is 4.79 Å². The van der Waals surface area contributed by atoms with Crippen LogP contribution in [0.25, 0.3) is 0 Å². The van der Waals surface area contributed by atoms with Gasteiger partial charge in [0.05, 0.1) is 0 Å². The molecule has 0 fully saturated rings. The molecule has 1 amide bonds. The first-order valence-corrected chi connectivity index (χ1v) is 8.38. The van der Waals surface area contributed by atoms with E-state index in [2.05, 4.69) is 5.32 Å². The number of carbonyl (C=O) groups is 1. The summed E-state index contributed by atoms with van der Waals surface area (Å²) in [5.74, 6) is 0.863. The Hall–Kier alpha value is -2.56. The summed E-state index contributed by atoms with van der Waals surface area (Å²) in [4.78, 5) is 12.0. The molecular formula is C20H22FNO3. The number of benzene rings is 2. The van der Waals surface area contributed by atoms with Crippen molar-refractivity contribution in [3.63, 3.8) is 0 Å². The quantitative estimate of drug-likeness (QED) is 0.876. The van der Waals surface area contributed by atoms with Gasteiger partial charge in [-0.25, -0.2) is 4.39 Å². The van der Waals surface area contributed by atoms with Crippen LogP contribution in [0.15, 0.2) is 42.5 Å². The molecule has 4 nitrogen and oxygen atoms in total. The zero-order chi connectivity index (χ0) is 17.9. The van der Waals surface area contributed by atoms with E-state index in [1.54, 1.807) is 12.1 Å². The molecule has 0 saturated carbocycles. The molecule has 0 unspecified atom stereocenters. The highest BCUT2D eigenvalue weighted by Crippen LogP contribution is 2.41. The Morgan fingerprint density at radius 1 is 1.24 bits per heavy atom. The largest absolute Gasteiger partial charge is 0.483 e. The highest BCUT2D eigenvalue weighted by Gasteiger charge is 2.32. The summed E-state index contributed by atoms with van der Waals surface area (Å²) in [6, 6.07) is 12.0. The number of halogens is 1. The second kappa shape index (κ2) is 7.13. The Balaban J connectivity index is 1.47. The van der Waals surface area contributed by atoms with Crippen molar-refractivity contribution < 1.29 is 18.7 Å². The third kappa shape index (κ3) is 4.50. The molecule has 1 aliphatic heterocycles. The zero-order valence-corrected chi connectivity index (χ0v) is 14.5. The summed E-state index contributed by atoms with van der Waals surface area (Å²) < 4.78 is 24.4. The van der Waals surface area contributed by atoms with Crippen LogP contribution in [-0.2, 0) is 17.6 Å². The second-order valence-electron chi connectivity index (χ2n) is 6.80. The average Bonchev–Trinajstić information content (AvgIpc) is 2.89. The SMILES string of the molecule is CC1(C)Cc2cccc(OCC(=O)NCCc3ccc(F)cc3)c2O1. The molecule has 3 rings (SSSR count). The van der Waals surface area contributed by atoms with Gasteiger partial charge in [-0.1, -0.05) is 24.3 Å². The summed E-state index contributed by atoms with van der Waals surface area (Å²) in [6.07, 6.45) is 1.47. The number of rotatable bonds is 6. The normalized spacial score (nSPS) is 14.5. The molecule has 0 radical (unpaired) electrons. The Labute approximate surface area is 147 Å². The number of para-hydroxylation sites is 1. The Morgan fingerprint density at radius 3 is 2.76 bits per heavy atom. The van der Waals surface area contributed by atoms with Crippen molar-refractivity contribution in [3.8, 4) is 11.5 Å². The lowest BCUT2D eigenvalue weighted by Gasteiger charge is -2.18. The van der Waals surface area contributed by atoms with Crippen LogP contribution in [0.1, 0.15) is 25.0 Å². The van der Waals surface area contributed by atoms with E-state index in [9.17, 15) is 9.18 Å². The minimum Gasteiger partial charge on any atom is -0.483 e. The van der Waals surface area contributed by atoms with Crippen molar-refractivity contribution in [2.24, 2.45) is 0 Å². The molecule has 0 aromatic heterocycles. The Bertz CT molecular complexity index is 756. The third-order valence-electron chi connectivity index (χ3n) is 4.06. The molecule has 132 valence electrons. The van der Waals surface area contributed by atoms with Gasteiger partial charge in [0.2, 0.25) is 0 Å². The predicted octanol–water partition coefficient (Wildman–Crippen LogP) is 3.28. The Kier molecular flexibility index (Phi) is 4.93. The molecule has 0 saturated heterocycles.